The number of likely N-dealkylation sites (tertiary alicyclic amines) is 1. The topological polar surface area (TPSA) is 72.3 Å². The first-order valence-electron chi connectivity index (χ1n) is 8.24. The number of aromatic nitrogens is 3. The summed E-state index contributed by atoms with van der Waals surface area (Å²) >= 11 is 0. The van der Waals surface area contributed by atoms with Crippen LogP contribution in [0.2, 0.25) is 0 Å². The van der Waals surface area contributed by atoms with Crippen LogP contribution in [0.15, 0.2) is 36.7 Å². The van der Waals surface area contributed by atoms with Gasteiger partial charge in [0.2, 0.25) is 5.82 Å². The standard InChI is InChI=1S/C17H21N5O2/c1-21-12-18-15(20-21)16(23)22-8-7-17(11-22)9-14(10-24-17)19-13-5-3-2-4-6-13/h2-6,12,14,19H,7-11H2,1H3. The Bertz CT molecular complexity index is 732. The van der Waals surface area contributed by atoms with Gasteiger partial charge in [-0.3, -0.25) is 9.48 Å². The molecule has 2 aliphatic rings. The second kappa shape index (κ2) is 5.90. The summed E-state index contributed by atoms with van der Waals surface area (Å²) < 4.78 is 7.65. The third-order valence-electron chi connectivity index (χ3n) is 4.75. The molecule has 7 heteroatoms. The highest BCUT2D eigenvalue weighted by Gasteiger charge is 2.47. The van der Waals surface area contributed by atoms with Gasteiger partial charge in [-0.15, -0.1) is 5.10 Å². The highest BCUT2D eigenvalue weighted by Crippen LogP contribution is 2.36. The molecule has 1 spiro atoms. The number of carbonyl (C=O) groups excluding carboxylic acids is 1. The molecule has 1 amide bonds. The van der Waals surface area contributed by atoms with E-state index in [0.29, 0.717) is 19.7 Å². The van der Waals surface area contributed by atoms with Crippen LogP contribution in [0, 0.1) is 0 Å². The first kappa shape index (κ1) is 15.1. The maximum atomic E-state index is 12.5. The van der Waals surface area contributed by atoms with E-state index in [2.05, 4.69) is 27.5 Å². The quantitative estimate of drug-likeness (QED) is 0.920. The lowest BCUT2D eigenvalue weighted by Gasteiger charge is -2.23. The van der Waals surface area contributed by atoms with Gasteiger partial charge in [-0.1, -0.05) is 18.2 Å². The Balaban J connectivity index is 1.38. The first-order chi connectivity index (χ1) is 11.6. The van der Waals surface area contributed by atoms with Gasteiger partial charge in [0, 0.05) is 25.7 Å². The first-order valence-corrected chi connectivity index (χ1v) is 8.24. The number of aryl methyl sites for hydroxylation is 1. The van der Waals surface area contributed by atoms with Gasteiger partial charge in [0.1, 0.15) is 6.33 Å². The number of nitrogens with zero attached hydrogens (tertiary/aromatic N) is 4. The van der Waals surface area contributed by atoms with Gasteiger partial charge >= 0.3 is 0 Å². The van der Waals surface area contributed by atoms with Crippen molar-refractivity contribution < 1.29 is 9.53 Å². The molecule has 0 saturated carbocycles. The van der Waals surface area contributed by atoms with Gasteiger partial charge < -0.3 is 15.0 Å². The molecule has 1 aromatic heterocycles. The zero-order valence-corrected chi connectivity index (χ0v) is 13.7. The number of rotatable bonds is 3. The van der Waals surface area contributed by atoms with E-state index in [1.54, 1.807) is 23.0 Å². The number of amides is 1. The third-order valence-corrected chi connectivity index (χ3v) is 4.75. The molecule has 2 aliphatic heterocycles. The molecule has 2 aromatic rings. The van der Waals surface area contributed by atoms with E-state index in [1.807, 2.05) is 18.2 Å². The van der Waals surface area contributed by atoms with Crippen molar-refractivity contribution in [3.05, 3.63) is 42.5 Å². The molecule has 126 valence electrons. The molecular weight excluding hydrogens is 306 g/mol. The molecule has 24 heavy (non-hydrogen) atoms. The van der Waals surface area contributed by atoms with E-state index < -0.39 is 0 Å². The lowest BCUT2D eigenvalue weighted by molar-refractivity contribution is 0.0123. The third kappa shape index (κ3) is 2.87. The van der Waals surface area contributed by atoms with Crippen LogP contribution >= 0.6 is 0 Å². The fourth-order valence-electron chi connectivity index (χ4n) is 3.59. The largest absolute Gasteiger partial charge is 0.380 e. The smallest absolute Gasteiger partial charge is 0.293 e. The minimum atomic E-state index is -0.239. The van der Waals surface area contributed by atoms with Crippen LogP contribution in [0.5, 0.6) is 0 Å². The summed E-state index contributed by atoms with van der Waals surface area (Å²) in [6.45, 7) is 1.96. The molecule has 2 unspecified atom stereocenters. The van der Waals surface area contributed by atoms with Gasteiger partial charge in [0.05, 0.1) is 24.8 Å². The lowest BCUT2D eigenvalue weighted by atomic mass is 9.97. The number of benzene rings is 1. The van der Waals surface area contributed by atoms with Crippen molar-refractivity contribution >= 4 is 11.6 Å². The van der Waals surface area contributed by atoms with Crippen molar-refractivity contribution in [1.82, 2.24) is 19.7 Å². The average Bonchev–Trinajstić information content (AvgIpc) is 3.30. The number of carbonyl (C=O) groups is 1. The van der Waals surface area contributed by atoms with Gasteiger partial charge in [0.25, 0.3) is 5.91 Å². The Labute approximate surface area is 140 Å². The molecule has 1 N–H and O–H groups in total. The molecule has 1 aromatic carbocycles. The second-order valence-corrected chi connectivity index (χ2v) is 6.62. The van der Waals surface area contributed by atoms with Crippen LogP contribution in [0.1, 0.15) is 23.5 Å². The second-order valence-electron chi connectivity index (χ2n) is 6.62. The molecule has 7 nitrogen and oxygen atoms in total. The summed E-state index contributed by atoms with van der Waals surface area (Å²) in [5, 5.41) is 7.62. The molecule has 2 saturated heterocycles. The van der Waals surface area contributed by atoms with E-state index in [-0.39, 0.29) is 23.4 Å². The van der Waals surface area contributed by atoms with Crippen LogP contribution < -0.4 is 5.32 Å². The molecule has 2 fully saturated rings. The summed E-state index contributed by atoms with van der Waals surface area (Å²) in [6, 6.07) is 10.4. The van der Waals surface area contributed by atoms with Crippen molar-refractivity contribution in [1.29, 1.82) is 0 Å². The number of hydrogen-bond donors (Lipinski definition) is 1. The summed E-state index contributed by atoms with van der Waals surface area (Å²) in [5.74, 6) is 0.141. The Hall–Kier alpha value is -2.41. The van der Waals surface area contributed by atoms with Crippen LogP contribution in [-0.2, 0) is 11.8 Å². The Morgan fingerprint density at radius 2 is 2.21 bits per heavy atom. The molecular formula is C17H21N5O2. The monoisotopic (exact) mass is 327 g/mol. The summed E-state index contributed by atoms with van der Waals surface area (Å²) in [7, 11) is 1.76. The molecule has 2 atom stereocenters. The van der Waals surface area contributed by atoms with Gasteiger partial charge in [-0.2, -0.15) is 0 Å². The van der Waals surface area contributed by atoms with E-state index >= 15 is 0 Å². The number of para-hydroxylation sites is 1. The van der Waals surface area contributed by atoms with E-state index in [9.17, 15) is 4.79 Å². The predicted octanol–water partition coefficient (Wildman–Crippen LogP) is 1.30. The Kier molecular flexibility index (Phi) is 3.72. The minimum absolute atomic E-state index is 0.115. The summed E-state index contributed by atoms with van der Waals surface area (Å²) in [4.78, 5) is 18.3. The zero-order chi connectivity index (χ0) is 16.6. The van der Waals surface area contributed by atoms with Crippen LogP contribution in [0.4, 0.5) is 5.69 Å². The molecule has 0 aliphatic carbocycles. The van der Waals surface area contributed by atoms with Crippen molar-refractivity contribution in [2.75, 3.05) is 25.0 Å². The lowest BCUT2D eigenvalue weighted by Crippen LogP contribution is -2.36. The van der Waals surface area contributed by atoms with E-state index in [1.165, 1.54) is 0 Å². The van der Waals surface area contributed by atoms with Crippen molar-refractivity contribution in [3.63, 3.8) is 0 Å². The average molecular weight is 327 g/mol. The number of hydrogen-bond acceptors (Lipinski definition) is 5. The molecule has 0 bridgehead atoms. The SMILES string of the molecule is Cn1cnc(C(=O)N2CCC3(CC(Nc4ccccc4)CO3)C2)n1. The van der Waals surface area contributed by atoms with Crippen molar-refractivity contribution in [2.24, 2.45) is 7.05 Å². The molecule has 0 radical (unpaired) electrons. The van der Waals surface area contributed by atoms with E-state index in [4.69, 9.17) is 4.74 Å². The summed E-state index contributed by atoms with van der Waals surface area (Å²) in [5.41, 5.74) is 0.864. The van der Waals surface area contributed by atoms with Gasteiger partial charge in [0.15, 0.2) is 0 Å². The normalized spacial score (nSPS) is 26.2. The maximum absolute atomic E-state index is 12.5. The van der Waals surface area contributed by atoms with Gasteiger partial charge in [-0.05, 0) is 18.6 Å². The van der Waals surface area contributed by atoms with Crippen LogP contribution in [0.25, 0.3) is 0 Å². The van der Waals surface area contributed by atoms with Crippen LogP contribution in [-0.4, -0.2) is 56.9 Å². The van der Waals surface area contributed by atoms with Crippen molar-refractivity contribution in [2.45, 2.75) is 24.5 Å². The summed E-state index contributed by atoms with van der Waals surface area (Å²) in [6.07, 6.45) is 3.31. The predicted molar refractivity (Wildman–Crippen MR) is 88.7 cm³/mol. The molecule has 4 rings (SSSR count). The number of nitrogens with one attached hydrogen (secondary N) is 1. The molecule has 3 heterocycles. The fraction of sp³-hybridized carbons (Fsp3) is 0.471. The highest BCUT2D eigenvalue weighted by atomic mass is 16.5. The maximum Gasteiger partial charge on any atom is 0.293 e. The van der Waals surface area contributed by atoms with Gasteiger partial charge in [-0.25, -0.2) is 4.98 Å². The minimum Gasteiger partial charge on any atom is -0.380 e. The Morgan fingerprint density at radius 1 is 1.38 bits per heavy atom. The van der Waals surface area contributed by atoms with E-state index in [0.717, 1.165) is 18.5 Å². The number of anilines is 1. The Morgan fingerprint density at radius 3 is 2.96 bits per heavy atom. The zero-order valence-electron chi connectivity index (χ0n) is 13.7. The van der Waals surface area contributed by atoms with Crippen LogP contribution in [0.3, 0.4) is 0 Å². The highest BCUT2D eigenvalue weighted by molar-refractivity contribution is 5.90. The number of ether oxygens (including phenoxy) is 1. The fourth-order valence-corrected chi connectivity index (χ4v) is 3.59. The van der Waals surface area contributed by atoms with Crippen molar-refractivity contribution in [3.8, 4) is 0 Å².